The van der Waals surface area contributed by atoms with Crippen molar-refractivity contribution < 1.29 is 4.74 Å². The van der Waals surface area contributed by atoms with E-state index in [9.17, 15) is 0 Å². The first-order chi connectivity index (χ1) is 9.63. The van der Waals surface area contributed by atoms with Crippen molar-refractivity contribution in [2.24, 2.45) is 5.84 Å². The first-order valence-electron chi connectivity index (χ1n) is 6.18. The summed E-state index contributed by atoms with van der Waals surface area (Å²) in [6.07, 6.45) is 0.709. The Hall–Kier alpha value is -0.820. The van der Waals surface area contributed by atoms with Gasteiger partial charge in [0, 0.05) is 8.59 Å². The molecule has 0 heterocycles. The summed E-state index contributed by atoms with van der Waals surface area (Å²) in [4.78, 5) is 0. The highest BCUT2D eigenvalue weighted by atomic mass is 127. The van der Waals surface area contributed by atoms with Crippen LogP contribution in [0.25, 0.3) is 0 Å². The molecule has 0 aliphatic carbocycles. The topological polar surface area (TPSA) is 47.3 Å². The molecule has 3 nitrogen and oxygen atoms in total. The summed E-state index contributed by atoms with van der Waals surface area (Å²) in [5.41, 5.74) is 5.03. The normalized spacial score (nSPS) is 12.2. The minimum absolute atomic E-state index is 0.0112. The summed E-state index contributed by atoms with van der Waals surface area (Å²) in [7, 11) is 1.66. The summed E-state index contributed by atoms with van der Waals surface area (Å²) >= 11 is 8.35. The molecule has 0 aliphatic rings. The molecule has 0 fully saturated rings. The van der Waals surface area contributed by atoms with Gasteiger partial charge in [-0.25, -0.2) is 0 Å². The molecule has 5 heteroatoms. The van der Waals surface area contributed by atoms with Crippen LogP contribution in [-0.4, -0.2) is 7.11 Å². The van der Waals surface area contributed by atoms with Gasteiger partial charge < -0.3 is 4.74 Å². The van der Waals surface area contributed by atoms with Crippen molar-refractivity contribution in [2.75, 3.05) is 7.11 Å². The molecule has 3 N–H and O–H groups in total. The highest BCUT2D eigenvalue weighted by molar-refractivity contribution is 14.1. The molecule has 2 rings (SSSR count). The van der Waals surface area contributed by atoms with E-state index in [1.807, 2.05) is 24.3 Å². The number of halogens is 2. The van der Waals surface area contributed by atoms with E-state index in [1.54, 1.807) is 7.11 Å². The summed E-state index contributed by atoms with van der Waals surface area (Å²) < 4.78 is 6.56. The zero-order chi connectivity index (χ0) is 14.5. The monoisotopic (exact) mass is 402 g/mol. The number of ether oxygens (including phenoxy) is 1. The Kier molecular flexibility index (Phi) is 5.65. The van der Waals surface area contributed by atoms with Gasteiger partial charge in [0.1, 0.15) is 5.75 Å². The van der Waals surface area contributed by atoms with Gasteiger partial charge in [-0.2, -0.15) is 0 Å². The maximum absolute atomic E-state index is 6.06. The van der Waals surface area contributed by atoms with Crippen molar-refractivity contribution in [3.8, 4) is 5.75 Å². The highest BCUT2D eigenvalue weighted by Gasteiger charge is 2.14. The average molecular weight is 403 g/mol. The van der Waals surface area contributed by atoms with E-state index in [0.717, 1.165) is 16.9 Å². The minimum atomic E-state index is 0.0112. The Morgan fingerprint density at radius 3 is 2.75 bits per heavy atom. The van der Waals surface area contributed by atoms with Crippen LogP contribution in [0.15, 0.2) is 42.5 Å². The lowest BCUT2D eigenvalue weighted by Gasteiger charge is -2.18. The number of rotatable bonds is 5. The second-order valence-electron chi connectivity index (χ2n) is 4.43. The zero-order valence-electron chi connectivity index (χ0n) is 11.1. The number of benzene rings is 2. The summed E-state index contributed by atoms with van der Waals surface area (Å²) in [5.74, 6) is 6.53. The van der Waals surface area contributed by atoms with Crippen LogP contribution in [0.2, 0.25) is 5.02 Å². The molecule has 0 aromatic heterocycles. The van der Waals surface area contributed by atoms with Crippen molar-refractivity contribution in [1.82, 2.24) is 5.43 Å². The predicted octanol–water partition coefficient (Wildman–Crippen LogP) is 3.70. The Morgan fingerprint density at radius 1 is 1.30 bits per heavy atom. The van der Waals surface area contributed by atoms with Gasteiger partial charge in [0.15, 0.2) is 0 Å². The smallest absolute Gasteiger partial charge is 0.122 e. The van der Waals surface area contributed by atoms with Gasteiger partial charge >= 0.3 is 0 Å². The van der Waals surface area contributed by atoms with E-state index in [4.69, 9.17) is 22.2 Å². The first-order valence-corrected chi connectivity index (χ1v) is 7.63. The van der Waals surface area contributed by atoms with E-state index in [0.29, 0.717) is 11.4 Å². The predicted molar refractivity (Wildman–Crippen MR) is 90.9 cm³/mol. The van der Waals surface area contributed by atoms with Crippen LogP contribution in [-0.2, 0) is 6.42 Å². The molecule has 1 unspecified atom stereocenters. The number of hydrogen-bond acceptors (Lipinski definition) is 3. The number of methoxy groups -OCH3 is 1. The van der Waals surface area contributed by atoms with E-state index in [-0.39, 0.29) is 6.04 Å². The van der Waals surface area contributed by atoms with Crippen molar-refractivity contribution in [3.63, 3.8) is 0 Å². The second kappa shape index (κ2) is 7.26. The van der Waals surface area contributed by atoms with E-state index >= 15 is 0 Å². The SMILES string of the molecule is COc1ccc(Cl)cc1CC(NN)c1cccc(I)c1. The van der Waals surface area contributed by atoms with Crippen molar-refractivity contribution in [2.45, 2.75) is 12.5 Å². The quantitative estimate of drug-likeness (QED) is 0.455. The molecule has 0 spiro atoms. The molecule has 0 radical (unpaired) electrons. The molecular formula is C15H16ClIN2O. The third kappa shape index (κ3) is 3.85. The minimum Gasteiger partial charge on any atom is -0.496 e. The van der Waals surface area contributed by atoms with E-state index in [2.05, 4.69) is 46.2 Å². The molecule has 20 heavy (non-hydrogen) atoms. The van der Waals surface area contributed by atoms with E-state index in [1.165, 1.54) is 3.57 Å². The summed E-state index contributed by atoms with van der Waals surface area (Å²) in [6, 6.07) is 13.9. The Labute approximate surface area is 137 Å². The maximum atomic E-state index is 6.06. The Morgan fingerprint density at radius 2 is 2.10 bits per heavy atom. The fraction of sp³-hybridized carbons (Fsp3) is 0.200. The summed E-state index contributed by atoms with van der Waals surface area (Å²) in [6.45, 7) is 0. The van der Waals surface area contributed by atoms with E-state index < -0.39 is 0 Å². The molecule has 0 amide bonds. The van der Waals surface area contributed by atoms with Gasteiger partial charge in [0.25, 0.3) is 0 Å². The molecule has 0 saturated heterocycles. The van der Waals surface area contributed by atoms with Gasteiger partial charge in [-0.05, 0) is 70.5 Å². The van der Waals surface area contributed by atoms with Gasteiger partial charge in [0.05, 0.1) is 13.2 Å². The van der Waals surface area contributed by atoms with Crippen molar-refractivity contribution in [3.05, 3.63) is 62.2 Å². The highest BCUT2D eigenvalue weighted by Crippen LogP contribution is 2.28. The fourth-order valence-corrected chi connectivity index (χ4v) is 2.88. The standard InChI is InChI=1S/C15H16ClIN2O/c1-20-15-6-5-12(16)7-11(15)9-14(19-18)10-3-2-4-13(17)8-10/h2-8,14,19H,9,18H2,1H3. The third-order valence-electron chi connectivity index (χ3n) is 3.12. The number of hydrazine groups is 1. The Bertz CT molecular complexity index is 592. The fourth-order valence-electron chi connectivity index (χ4n) is 2.12. The lowest BCUT2D eigenvalue weighted by molar-refractivity contribution is 0.405. The van der Waals surface area contributed by atoms with Crippen molar-refractivity contribution >= 4 is 34.2 Å². The van der Waals surface area contributed by atoms with Gasteiger partial charge in [0.2, 0.25) is 0 Å². The lowest BCUT2D eigenvalue weighted by Crippen LogP contribution is -2.29. The van der Waals surface area contributed by atoms with Crippen LogP contribution in [0, 0.1) is 3.57 Å². The molecule has 0 aliphatic heterocycles. The first kappa shape index (κ1) is 15.6. The molecule has 106 valence electrons. The molecule has 0 bridgehead atoms. The van der Waals surface area contributed by atoms with Crippen LogP contribution in [0.5, 0.6) is 5.75 Å². The zero-order valence-corrected chi connectivity index (χ0v) is 14.0. The van der Waals surface area contributed by atoms with Gasteiger partial charge in [-0.1, -0.05) is 23.7 Å². The van der Waals surface area contributed by atoms with Crippen LogP contribution in [0.1, 0.15) is 17.2 Å². The number of nitrogens with two attached hydrogens (primary N) is 1. The maximum Gasteiger partial charge on any atom is 0.122 e. The molecule has 2 aromatic rings. The number of nitrogens with one attached hydrogen (secondary N) is 1. The largest absolute Gasteiger partial charge is 0.496 e. The molecule has 2 aromatic carbocycles. The van der Waals surface area contributed by atoms with Gasteiger partial charge in [-0.15, -0.1) is 0 Å². The molecule has 0 saturated carbocycles. The van der Waals surface area contributed by atoms with Crippen LogP contribution >= 0.6 is 34.2 Å². The van der Waals surface area contributed by atoms with Crippen LogP contribution in [0.4, 0.5) is 0 Å². The second-order valence-corrected chi connectivity index (χ2v) is 6.12. The van der Waals surface area contributed by atoms with Gasteiger partial charge in [-0.3, -0.25) is 11.3 Å². The molecule has 1 atom stereocenters. The lowest BCUT2D eigenvalue weighted by atomic mass is 9.99. The number of hydrogen-bond donors (Lipinski definition) is 2. The van der Waals surface area contributed by atoms with Crippen molar-refractivity contribution in [1.29, 1.82) is 0 Å². The average Bonchev–Trinajstić information content (AvgIpc) is 2.45. The Balaban J connectivity index is 2.28. The van der Waals surface area contributed by atoms with Crippen LogP contribution in [0.3, 0.4) is 0 Å². The summed E-state index contributed by atoms with van der Waals surface area (Å²) in [5, 5.41) is 0.694. The third-order valence-corrected chi connectivity index (χ3v) is 4.02. The van der Waals surface area contributed by atoms with Crippen LogP contribution < -0.4 is 16.0 Å². The molecular weight excluding hydrogens is 387 g/mol.